The van der Waals surface area contributed by atoms with Crippen molar-refractivity contribution in [3.63, 3.8) is 0 Å². The quantitative estimate of drug-likeness (QED) is 0.677. The Morgan fingerprint density at radius 3 is 2.67 bits per heavy atom. The van der Waals surface area contributed by atoms with Crippen LogP contribution in [0.1, 0.15) is 11.1 Å². The second kappa shape index (κ2) is 5.81. The number of hydrogen-bond donors (Lipinski definition) is 1. The van der Waals surface area contributed by atoms with Crippen LogP contribution in [0.25, 0.3) is 0 Å². The first-order valence-corrected chi connectivity index (χ1v) is 6.73. The average Bonchev–Trinajstić information content (AvgIpc) is 2.39. The Labute approximate surface area is 115 Å². The minimum atomic E-state index is 0.578. The fraction of sp³-hybridized carbons (Fsp3) is 0.0714. The number of nitrogen functional groups attached to an aromatic ring is 1. The molecule has 2 N–H and O–H groups in total. The molecule has 0 bridgehead atoms. The van der Waals surface area contributed by atoms with Crippen LogP contribution in [0.15, 0.2) is 47.4 Å². The molecule has 0 amide bonds. The van der Waals surface area contributed by atoms with Crippen molar-refractivity contribution < 1.29 is 0 Å². The van der Waals surface area contributed by atoms with Gasteiger partial charge in [-0.15, -0.1) is 11.8 Å². The van der Waals surface area contributed by atoms with Gasteiger partial charge < -0.3 is 5.73 Å². The van der Waals surface area contributed by atoms with Crippen LogP contribution in [0, 0.1) is 11.3 Å². The molecular formula is C14H11ClN2S. The van der Waals surface area contributed by atoms with Gasteiger partial charge in [-0.05, 0) is 29.8 Å². The first-order valence-electron chi connectivity index (χ1n) is 5.36. The highest BCUT2D eigenvalue weighted by Crippen LogP contribution is 2.30. The van der Waals surface area contributed by atoms with E-state index >= 15 is 0 Å². The first-order chi connectivity index (χ1) is 8.70. The summed E-state index contributed by atoms with van der Waals surface area (Å²) in [7, 11) is 0. The van der Waals surface area contributed by atoms with E-state index in [0.29, 0.717) is 11.3 Å². The Bertz CT molecular complexity index is 605. The third-order valence-electron chi connectivity index (χ3n) is 2.48. The van der Waals surface area contributed by atoms with Gasteiger partial charge in [0.1, 0.15) is 0 Å². The zero-order valence-corrected chi connectivity index (χ0v) is 11.1. The van der Waals surface area contributed by atoms with Crippen LogP contribution in [0.3, 0.4) is 0 Å². The van der Waals surface area contributed by atoms with Crippen LogP contribution in [0.2, 0.25) is 5.02 Å². The molecule has 2 rings (SSSR count). The van der Waals surface area contributed by atoms with Gasteiger partial charge in [-0.3, -0.25) is 0 Å². The normalized spacial score (nSPS) is 10.0. The lowest BCUT2D eigenvalue weighted by Gasteiger charge is -2.07. The molecule has 4 heteroatoms. The van der Waals surface area contributed by atoms with Crippen LogP contribution >= 0.6 is 23.4 Å². The van der Waals surface area contributed by atoms with Gasteiger partial charge in [0.05, 0.1) is 11.6 Å². The molecule has 0 spiro atoms. The van der Waals surface area contributed by atoms with Gasteiger partial charge >= 0.3 is 0 Å². The summed E-state index contributed by atoms with van der Waals surface area (Å²) >= 11 is 7.70. The maximum Gasteiger partial charge on any atom is 0.0992 e. The molecule has 0 saturated heterocycles. The Morgan fingerprint density at radius 2 is 2.00 bits per heavy atom. The summed E-state index contributed by atoms with van der Waals surface area (Å²) in [5.74, 6) is 0.760. The van der Waals surface area contributed by atoms with E-state index in [-0.39, 0.29) is 0 Å². The molecule has 0 aliphatic heterocycles. The minimum Gasteiger partial charge on any atom is -0.398 e. The third kappa shape index (κ3) is 2.98. The number of rotatable bonds is 3. The molecule has 2 nitrogen and oxygen atoms in total. The molecule has 0 radical (unpaired) electrons. The number of nitrogens with two attached hydrogens (primary N) is 1. The molecule has 0 unspecified atom stereocenters. The topological polar surface area (TPSA) is 49.8 Å². The second-order valence-electron chi connectivity index (χ2n) is 3.74. The SMILES string of the molecule is N#Cc1ccc(SCc2ccccc2Cl)c(N)c1. The van der Waals surface area contributed by atoms with E-state index in [9.17, 15) is 0 Å². The maximum atomic E-state index is 8.77. The summed E-state index contributed by atoms with van der Waals surface area (Å²) in [6.45, 7) is 0. The molecule has 90 valence electrons. The van der Waals surface area contributed by atoms with Gasteiger partial charge in [-0.2, -0.15) is 5.26 Å². The number of thioether (sulfide) groups is 1. The lowest BCUT2D eigenvalue weighted by molar-refractivity contribution is 1.37. The van der Waals surface area contributed by atoms with Crippen LogP contribution in [-0.4, -0.2) is 0 Å². The van der Waals surface area contributed by atoms with E-state index in [0.717, 1.165) is 21.2 Å². The maximum absolute atomic E-state index is 8.77. The Kier molecular flexibility index (Phi) is 4.14. The van der Waals surface area contributed by atoms with Gasteiger partial charge in [0.2, 0.25) is 0 Å². The predicted molar refractivity (Wildman–Crippen MR) is 76.6 cm³/mol. The van der Waals surface area contributed by atoms with Crippen molar-refractivity contribution in [1.29, 1.82) is 5.26 Å². The molecule has 0 aliphatic carbocycles. The Morgan fingerprint density at radius 1 is 1.22 bits per heavy atom. The van der Waals surface area contributed by atoms with Gasteiger partial charge in [0, 0.05) is 21.4 Å². The summed E-state index contributed by atoms with van der Waals surface area (Å²) < 4.78 is 0. The van der Waals surface area contributed by atoms with Crippen LogP contribution in [-0.2, 0) is 5.75 Å². The summed E-state index contributed by atoms with van der Waals surface area (Å²) in [5.41, 5.74) is 8.18. The lowest BCUT2D eigenvalue weighted by atomic mass is 10.2. The number of benzene rings is 2. The Balaban J connectivity index is 2.12. The van der Waals surface area contributed by atoms with Gasteiger partial charge in [-0.25, -0.2) is 0 Å². The van der Waals surface area contributed by atoms with E-state index in [4.69, 9.17) is 22.6 Å². The summed E-state index contributed by atoms with van der Waals surface area (Å²) in [6, 6.07) is 15.1. The van der Waals surface area contributed by atoms with Gasteiger partial charge in [0.15, 0.2) is 0 Å². The van der Waals surface area contributed by atoms with Gasteiger partial charge in [-0.1, -0.05) is 29.8 Å². The molecule has 0 saturated carbocycles. The molecule has 18 heavy (non-hydrogen) atoms. The Hall–Kier alpha value is -1.63. The van der Waals surface area contributed by atoms with Crippen LogP contribution in [0.4, 0.5) is 5.69 Å². The first kappa shape index (κ1) is 12.8. The lowest BCUT2D eigenvalue weighted by Crippen LogP contribution is -1.90. The van der Waals surface area contributed by atoms with Crippen molar-refractivity contribution >= 4 is 29.1 Å². The van der Waals surface area contributed by atoms with Crippen molar-refractivity contribution in [2.75, 3.05) is 5.73 Å². The highest BCUT2D eigenvalue weighted by atomic mass is 35.5. The highest BCUT2D eigenvalue weighted by molar-refractivity contribution is 7.98. The van der Waals surface area contributed by atoms with E-state index < -0.39 is 0 Å². The fourth-order valence-electron chi connectivity index (χ4n) is 1.52. The van der Waals surface area contributed by atoms with E-state index in [2.05, 4.69) is 6.07 Å². The van der Waals surface area contributed by atoms with Crippen LogP contribution in [0.5, 0.6) is 0 Å². The monoisotopic (exact) mass is 274 g/mol. The summed E-state index contributed by atoms with van der Waals surface area (Å²) in [4.78, 5) is 0.967. The summed E-state index contributed by atoms with van der Waals surface area (Å²) in [5, 5.41) is 9.53. The van der Waals surface area contributed by atoms with Crippen LogP contribution < -0.4 is 5.73 Å². The molecule has 2 aromatic rings. The molecule has 2 aromatic carbocycles. The number of nitrogens with zero attached hydrogens (tertiary/aromatic N) is 1. The largest absolute Gasteiger partial charge is 0.398 e. The zero-order chi connectivity index (χ0) is 13.0. The molecular weight excluding hydrogens is 264 g/mol. The van der Waals surface area contributed by atoms with E-state index in [1.54, 1.807) is 23.9 Å². The van der Waals surface area contributed by atoms with E-state index in [1.165, 1.54) is 0 Å². The number of hydrogen-bond acceptors (Lipinski definition) is 3. The van der Waals surface area contributed by atoms with E-state index in [1.807, 2.05) is 30.3 Å². The fourth-order valence-corrected chi connectivity index (χ4v) is 2.75. The van der Waals surface area contributed by atoms with Crippen molar-refractivity contribution in [1.82, 2.24) is 0 Å². The van der Waals surface area contributed by atoms with Crippen molar-refractivity contribution in [3.8, 4) is 6.07 Å². The second-order valence-corrected chi connectivity index (χ2v) is 5.17. The molecule has 0 fully saturated rings. The number of halogens is 1. The average molecular weight is 275 g/mol. The third-order valence-corrected chi connectivity index (χ3v) is 3.99. The zero-order valence-electron chi connectivity index (χ0n) is 9.56. The molecule has 0 heterocycles. The summed E-state index contributed by atoms with van der Waals surface area (Å²) in [6.07, 6.45) is 0. The van der Waals surface area contributed by atoms with Gasteiger partial charge in [0.25, 0.3) is 0 Å². The molecule has 0 aliphatic rings. The van der Waals surface area contributed by atoms with Crippen molar-refractivity contribution in [3.05, 3.63) is 58.6 Å². The van der Waals surface area contributed by atoms with Crippen molar-refractivity contribution in [2.24, 2.45) is 0 Å². The number of anilines is 1. The molecule has 0 atom stereocenters. The molecule has 0 aromatic heterocycles. The smallest absolute Gasteiger partial charge is 0.0992 e. The minimum absolute atomic E-state index is 0.578. The highest BCUT2D eigenvalue weighted by Gasteiger charge is 2.04. The van der Waals surface area contributed by atoms with Crippen molar-refractivity contribution in [2.45, 2.75) is 10.6 Å². The standard InChI is InChI=1S/C14H11ClN2S/c15-12-4-2-1-3-11(12)9-18-14-6-5-10(8-16)7-13(14)17/h1-7H,9,17H2. The number of nitriles is 1. The predicted octanol–water partition coefficient (Wildman–Crippen LogP) is 4.09.